The third kappa shape index (κ3) is 4.28. The Morgan fingerprint density at radius 2 is 1.96 bits per heavy atom. The number of benzene rings is 2. The number of para-hydroxylation sites is 1. The topological polar surface area (TPSA) is 48.1 Å². The number of hydrogen-bond donors (Lipinski definition) is 2. The Bertz CT molecular complexity index is 866. The first-order valence-electron chi connectivity index (χ1n) is 8.62. The Morgan fingerprint density at radius 1 is 1.16 bits per heavy atom. The minimum atomic E-state index is 0.0415. The molecule has 0 spiro atoms. The SMILES string of the molecule is CC(CC(=O)Nc1cccc(CN(C)C)c1)c1c[nH]c2ccccc12. The highest BCUT2D eigenvalue weighted by atomic mass is 16.1. The van der Waals surface area contributed by atoms with Crippen LogP contribution in [0.25, 0.3) is 10.9 Å². The lowest BCUT2D eigenvalue weighted by Gasteiger charge is -2.13. The van der Waals surface area contributed by atoms with Gasteiger partial charge in [0.2, 0.25) is 5.91 Å². The van der Waals surface area contributed by atoms with Crippen molar-refractivity contribution in [3.8, 4) is 0 Å². The minimum absolute atomic E-state index is 0.0415. The van der Waals surface area contributed by atoms with E-state index in [1.54, 1.807) is 0 Å². The van der Waals surface area contributed by atoms with Gasteiger partial charge >= 0.3 is 0 Å². The molecule has 1 atom stereocenters. The van der Waals surface area contributed by atoms with E-state index in [0.717, 1.165) is 17.7 Å². The molecule has 0 saturated carbocycles. The summed E-state index contributed by atoms with van der Waals surface area (Å²) in [7, 11) is 4.07. The fraction of sp³-hybridized carbons (Fsp3) is 0.286. The van der Waals surface area contributed by atoms with Gasteiger partial charge in [-0.25, -0.2) is 0 Å². The average molecular weight is 335 g/mol. The maximum atomic E-state index is 12.5. The lowest BCUT2D eigenvalue weighted by molar-refractivity contribution is -0.116. The van der Waals surface area contributed by atoms with Crippen molar-refractivity contribution >= 4 is 22.5 Å². The van der Waals surface area contributed by atoms with Gasteiger partial charge in [-0.3, -0.25) is 4.79 Å². The summed E-state index contributed by atoms with van der Waals surface area (Å²) in [5.74, 6) is 0.195. The van der Waals surface area contributed by atoms with Crippen LogP contribution >= 0.6 is 0 Å². The number of nitrogens with one attached hydrogen (secondary N) is 2. The Kier molecular flexibility index (Phi) is 5.19. The fourth-order valence-corrected chi connectivity index (χ4v) is 3.21. The molecular formula is C21H25N3O. The molecule has 1 aromatic heterocycles. The molecule has 1 unspecified atom stereocenters. The number of amides is 1. The smallest absolute Gasteiger partial charge is 0.224 e. The lowest BCUT2D eigenvalue weighted by Crippen LogP contribution is -2.15. The monoisotopic (exact) mass is 335 g/mol. The molecule has 0 aliphatic rings. The summed E-state index contributed by atoms with van der Waals surface area (Å²) in [5.41, 5.74) is 4.34. The largest absolute Gasteiger partial charge is 0.361 e. The molecule has 2 aromatic carbocycles. The summed E-state index contributed by atoms with van der Waals surface area (Å²) in [5, 5.41) is 4.22. The Balaban J connectivity index is 1.66. The van der Waals surface area contributed by atoms with E-state index in [-0.39, 0.29) is 11.8 Å². The van der Waals surface area contributed by atoms with Crippen molar-refractivity contribution in [3.05, 3.63) is 65.9 Å². The van der Waals surface area contributed by atoms with E-state index in [1.165, 1.54) is 16.5 Å². The van der Waals surface area contributed by atoms with Crippen LogP contribution in [0.3, 0.4) is 0 Å². The van der Waals surface area contributed by atoms with Gasteiger partial charge in [0.05, 0.1) is 0 Å². The van der Waals surface area contributed by atoms with Crippen LogP contribution in [0.4, 0.5) is 5.69 Å². The second-order valence-corrected chi connectivity index (χ2v) is 6.88. The van der Waals surface area contributed by atoms with Crippen molar-refractivity contribution in [1.82, 2.24) is 9.88 Å². The van der Waals surface area contributed by atoms with Gasteiger partial charge in [-0.15, -0.1) is 0 Å². The van der Waals surface area contributed by atoms with Gasteiger partial charge in [-0.1, -0.05) is 37.3 Å². The molecule has 3 aromatic rings. The Morgan fingerprint density at radius 3 is 2.76 bits per heavy atom. The minimum Gasteiger partial charge on any atom is -0.361 e. The van der Waals surface area contributed by atoms with E-state index in [1.807, 2.05) is 50.6 Å². The number of anilines is 1. The molecular weight excluding hydrogens is 310 g/mol. The molecule has 1 amide bonds. The van der Waals surface area contributed by atoms with E-state index in [0.29, 0.717) is 6.42 Å². The van der Waals surface area contributed by atoms with Crippen molar-refractivity contribution in [2.45, 2.75) is 25.8 Å². The zero-order valence-electron chi connectivity index (χ0n) is 15.0. The lowest BCUT2D eigenvalue weighted by atomic mass is 9.97. The second kappa shape index (κ2) is 7.53. The van der Waals surface area contributed by atoms with Crippen molar-refractivity contribution in [1.29, 1.82) is 0 Å². The van der Waals surface area contributed by atoms with Gasteiger partial charge < -0.3 is 15.2 Å². The van der Waals surface area contributed by atoms with Crippen molar-refractivity contribution in [2.24, 2.45) is 0 Å². The molecule has 3 rings (SSSR count). The number of hydrogen-bond acceptors (Lipinski definition) is 2. The molecule has 4 heteroatoms. The highest BCUT2D eigenvalue weighted by molar-refractivity contribution is 5.92. The molecule has 130 valence electrons. The van der Waals surface area contributed by atoms with Crippen LogP contribution in [0.2, 0.25) is 0 Å². The Hall–Kier alpha value is -2.59. The highest BCUT2D eigenvalue weighted by Gasteiger charge is 2.15. The summed E-state index contributed by atoms with van der Waals surface area (Å²) < 4.78 is 0. The van der Waals surface area contributed by atoms with Crippen molar-refractivity contribution in [3.63, 3.8) is 0 Å². The molecule has 0 aliphatic heterocycles. The van der Waals surface area contributed by atoms with Crippen LogP contribution in [-0.4, -0.2) is 29.9 Å². The molecule has 4 nitrogen and oxygen atoms in total. The van der Waals surface area contributed by atoms with Crippen molar-refractivity contribution in [2.75, 3.05) is 19.4 Å². The number of rotatable bonds is 6. The first-order valence-corrected chi connectivity index (χ1v) is 8.62. The third-order valence-corrected chi connectivity index (χ3v) is 4.35. The summed E-state index contributed by atoms with van der Waals surface area (Å²) in [6.45, 7) is 2.95. The first kappa shape index (κ1) is 17.2. The number of carbonyl (C=O) groups excluding carboxylic acids is 1. The predicted molar refractivity (Wildman–Crippen MR) is 104 cm³/mol. The zero-order chi connectivity index (χ0) is 17.8. The van der Waals surface area contributed by atoms with E-state index < -0.39 is 0 Å². The van der Waals surface area contributed by atoms with Crippen LogP contribution in [-0.2, 0) is 11.3 Å². The molecule has 2 N–H and O–H groups in total. The molecule has 0 fully saturated rings. The van der Waals surface area contributed by atoms with Crippen molar-refractivity contribution < 1.29 is 4.79 Å². The van der Waals surface area contributed by atoms with Crippen LogP contribution < -0.4 is 5.32 Å². The zero-order valence-corrected chi connectivity index (χ0v) is 15.0. The summed E-state index contributed by atoms with van der Waals surface area (Å²) >= 11 is 0. The maximum Gasteiger partial charge on any atom is 0.224 e. The Labute approximate surface area is 148 Å². The quantitative estimate of drug-likeness (QED) is 0.703. The molecule has 25 heavy (non-hydrogen) atoms. The number of aromatic nitrogens is 1. The van der Waals surface area contributed by atoms with Crippen LogP contribution in [0.5, 0.6) is 0 Å². The fourth-order valence-electron chi connectivity index (χ4n) is 3.21. The van der Waals surface area contributed by atoms with E-state index in [9.17, 15) is 4.79 Å². The average Bonchev–Trinajstić information content (AvgIpc) is 2.98. The highest BCUT2D eigenvalue weighted by Crippen LogP contribution is 2.27. The van der Waals surface area contributed by atoms with Gasteiger partial charge in [0.25, 0.3) is 0 Å². The normalized spacial score (nSPS) is 12.5. The maximum absolute atomic E-state index is 12.5. The summed E-state index contributed by atoms with van der Waals surface area (Å²) in [6, 6.07) is 16.2. The van der Waals surface area contributed by atoms with E-state index >= 15 is 0 Å². The van der Waals surface area contributed by atoms with E-state index in [4.69, 9.17) is 0 Å². The van der Waals surface area contributed by atoms with Gasteiger partial charge in [0.15, 0.2) is 0 Å². The number of nitrogens with zero attached hydrogens (tertiary/aromatic N) is 1. The van der Waals surface area contributed by atoms with Gasteiger partial charge in [-0.2, -0.15) is 0 Å². The van der Waals surface area contributed by atoms with Crippen LogP contribution in [0.15, 0.2) is 54.7 Å². The molecule has 0 bridgehead atoms. The predicted octanol–water partition coefficient (Wildman–Crippen LogP) is 4.36. The number of fused-ring (bicyclic) bond motifs is 1. The number of carbonyl (C=O) groups is 1. The summed E-state index contributed by atoms with van der Waals surface area (Å²) in [6.07, 6.45) is 2.47. The van der Waals surface area contributed by atoms with Gasteiger partial charge in [0.1, 0.15) is 0 Å². The van der Waals surface area contributed by atoms with Gasteiger partial charge in [0, 0.05) is 35.8 Å². The molecule has 0 radical (unpaired) electrons. The van der Waals surface area contributed by atoms with Crippen LogP contribution in [0.1, 0.15) is 30.4 Å². The number of H-pyrrole nitrogens is 1. The molecule has 1 heterocycles. The summed E-state index contributed by atoms with van der Waals surface area (Å²) in [4.78, 5) is 17.8. The van der Waals surface area contributed by atoms with Gasteiger partial charge in [-0.05, 0) is 49.3 Å². The standard InChI is InChI=1S/C21H25N3O/c1-15(19-13-22-20-10-5-4-9-18(19)20)11-21(25)23-17-8-6-7-16(12-17)14-24(2)3/h4-10,12-13,15,22H,11,14H2,1-3H3,(H,23,25). The van der Waals surface area contributed by atoms with E-state index in [2.05, 4.69) is 40.3 Å². The molecule has 0 saturated heterocycles. The first-order chi connectivity index (χ1) is 12.0. The molecule has 0 aliphatic carbocycles. The third-order valence-electron chi connectivity index (χ3n) is 4.35. The number of aromatic amines is 1. The van der Waals surface area contributed by atoms with Crippen LogP contribution in [0, 0.1) is 0 Å². The second-order valence-electron chi connectivity index (χ2n) is 6.88.